The maximum Gasteiger partial charge on any atom is 0.0897 e. The Labute approximate surface area is 136 Å². The number of hydrogen-bond donors (Lipinski definition) is 2. The SMILES string of the molecule is CCOCCOCC(O)CNC(C)c1ccc(Cl)cc1Cl. The largest absolute Gasteiger partial charge is 0.389 e. The molecule has 1 rings (SSSR count). The summed E-state index contributed by atoms with van der Waals surface area (Å²) in [6, 6.07) is 5.42. The van der Waals surface area contributed by atoms with Crippen LogP contribution in [-0.2, 0) is 9.47 Å². The molecule has 21 heavy (non-hydrogen) atoms. The first-order chi connectivity index (χ1) is 10.0. The minimum Gasteiger partial charge on any atom is -0.389 e. The van der Waals surface area contributed by atoms with Crippen LogP contribution in [0.3, 0.4) is 0 Å². The van der Waals surface area contributed by atoms with E-state index in [2.05, 4.69) is 5.32 Å². The van der Waals surface area contributed by atoms with Crippen molar-refractivity contribution in [1.29, 1.82) is 0 Å². The third-order valence-electron chi connectivity index (χ3n) is 2.98. The molecule has 1 aromatic rings. The molecule has 0 aliphatic carbocycles. The normalized spacial score (nSPS) is 14.1. The summed E-state index contributed by atoms with van der Waals surface area (Å²) in [5, 5.41) is 14.3. The van der Waals surface area contributed by atoms with Gasteiger partial charge in [0.25, 0.3) is 0 Å². The Morgan fingerprint density at radius 3 is 2.62 bits per heavy atom. The van der Waals surface area contributed by atoms with Crippen LogP contribution in [-0.4, -0.2) is 44.2 Å². The van der Waals surface area contributed by atoms with Gasteiger partial charge in [-0.15, -0.1) is 0 Å². The fraction of sp³-hybridized carbons (Fsp3) is 0.600. The summed E-state index contributed by atoms with van der Waals surface area (Å²) < 4.78 is 10.5. The summed E-state index contributed by atoms with van der Waals surface area (Å²) in [5.41, 5.74) is 0.950. The van der Waals surface area contributed by atoms with E-state index >= 15 is 0 Å². The molecule has 4 nitrogen and oxygen atoms in total. The van der Waals surface area contributed by atoms with Crippen LogP contribution in [0.2, 0.25) is 10.0 Å². The average molecular weight is 336 g/mol. The molecule has 0 radical (unpaired) electrons. The minimum absolute atomic E-state index is 0.0211. The second-order valence-electron chi connectivity index (χ2n) is 4.72. The predicted molar refractivity (Wildman–Crippen MR) is 86.2 cm³/mol. The number of ether oxygens (including phenoxy) is 2. The third kappa shape index (κ3) is 7.45. The molecular weight excluding hydrogens is 313 g/mol. The summed E-state index contributed by atoms with van der Waals surface area (Å²) in [5.74, 6) is 0. The molecule has 0 aliphatic rings. The number of nitrogens with one attached hydrogen (secondary N) is 1. The van der Waals surface area contributed by atoms with Crippen LogP contribution < -0.4 is 5.32 Å². The van der Waals surface area contributed by atoms with Crippen molar-refractivity contribution in [3.05, 3.63) is 33.8 Å². The van der Waals surface area contributed by atoms with Crippen molar-refractivity contribution in [2.45, 2.75) is 26.0 Å². The molecule has 0 amide bonds. The zero-order chi connectivity index (χ0) is 15.7. The summed E-state index contributed by atoms with van der Waals surface area (Å²) in [6.45, 7) is 6.33. The Kier molecular flexibility index (Phi) is 9.24. The van der Waals surface area contributed by atoms with Crippen molar-refractivity contribution in [1.82, 2.24) is 5.32 Å². The molecule has 2 N–H and O–H groups in total. The Balaban J connectivity index is 2.27. The first-order valence-corrected chi connectivity index (χ1v) is 7.82. The van der Waals surface area contributed by atoms with Crippen LogP contribution in [0.1, 0.15) is 25.5 Å². The van der Waals surface area contributed by atoms with Gasteiger partial charge in [0.15, 0.2) is 0 Å². The fourth-order valence-corrected chi connectivity index (χ4v) is 2.39. The highest BCUT2D eigenvalue weighted by atomic mass is 35.5. The highest BCUT2D eigenvalue weighted by Gasteiger charge is 2.12. The molecule has 120 valence electrons. The summed E-state index contributed by atoms with van der Waals surface area (Å²) in [7, 11) is 0. The number of halogens is 2. The van der Waals surface area contributed by atoms with Crippen LogP contribution in [0.5, 0.6) is 0 Å². The number of aliphatic hydroxyl groups excluding tert-OH is 1. The zero-order valence-corrected chi connectivity index (χ0v) is 14.0. The van der Waals surface area contributed by atoms with Crippen molar-refractivity contribution < 1.29 is 14.6 Å². The van der Waals surface area contributed by atoms with Gasteiger partial charge < -0.3 is 19.9 Å². The van der Waals surface area contributed by atoms with Crippen LogP contribution in [0, 0.1) is 0 Å². The second kappa shape index (κ2) is 10.4. The van der Waals surface area contributed by atoms with Gasteiger partial charge in [0, 0.05) is 29.2 Å². The van der Waals surface area contributed by atoms with Gasteiger partial charge in [0.2, 0.25) is 0 Å². The lowest BCUT2D eigenvalue weighted by molar-refractivity contribution is 0.00586. The highest BCUT2D eigenvalue weighted by molar-refractivity contribution is 6.35. The van der Waals surface area contributed by atoms with Gasteiger partial charge in [-0.3, -0.25) is 0 Å². The Hall–Kier alpha value is -0.360. The summed E-state index contributed by atoms with van der Waals surface area (Å²) in [4.78, 5) is 0. The maximum atomic E-state index is 9.83. The van der Waals surface area contributed by atoms with E-state index < -0.39 is 6.10 Å². The van der Waals surface area contributed by atoms with Gasteiger partial charge in [-0.05, 0) is 31.5 Å². The van der Waals surface area contributed by atoms with Crippen LogP contribution in [0.25, 0.3) is 0 Å². The Morgan fingerprint density at radius 1 is 1.24 bits per heavy atom. The van der Waals surface area contributed by atoms with Crippen LogP contribution in [0.15, 0.2) is 18.2 Å². The third-order valence-corrected chi connectivity index (χ3v) is 3.54. The molecule has 2 unspecified atom stereocenters. The summed E-state index contributed by atoms with van der Waals surface area (Å²) >= 11 is 12.0. The van der Waals surface area contributed by atoms with E-state index in [9.17, 15) is 5.11 Å². The van der Waals surface area contributed by atoms with Crippen molar-refractivity contribution in [2.75, 3.05) is 33.0 Å². The van der Waals surface area contributed by atoms with Crippen molar-refractivity contribution in [3.63, 3.8) is 0 Å². The number of aliphatic hydroxyl groups is 1. The van der Waals surface area contributed by atoms with Gasteiger partial charge in [-0.25, -0.2) is 0 Å². The highest BCUT2D eigenvalue weighted by Crippen LogP contribution is 2.25. The Bertz CT molecular complexity index is 418. The lowest BCUT2D eigenvalue weighted by atomic mass is 10.1. The van der Waals surface area contributed by atoms with Crippen molar-refractivity contribution in [3.8, 4) is 0 Å². The molecule has 0 bridgehead atoms. The topological polar surface area (TPSA) is 50.7 Å². The maximum absolute atomic E-state index is 9.83. The second-order valence-corrected chi connectivity index (χ2v) is 5.57. The molecule has 2 atom stereocenters. The molecule has 0 saturated carbocycles. The van der Waals surface area contributed by atoms with Crippen molar-refractivity contribution >= 4 is 23.2 Å². The number of hydrogen-bond acceptors (Lipinski definition) is 4. The molecule has 0 aliphatic heterocycles. The molecular formula is C15H23Cl2NO3. The molecule has 6 heteroatoms. The quantitative estimate of drug-likeness (QED) is 0.645. The average Bonchev–Trinajstić information content (AvgIpc) is 2.44. The van der Waals surface area contributed by atoms with E-state index in [0.717, 1.165) is 5.56 Å². The molecule has 0 fully saturated rings. The number of benzene rings is 1. The van der Waals surface area contributed by atoms with E-state index in [4.69, 9.17) is 32.7 Å². The molecule has 0 heterocycles. The van der Waals surface area contributed by atoms with Crippen LogP contribution >= 0.6 is 23.2 Å². The van der Waals surface area contributed by atoms with E-state index in [-0.39, 0.29) is 12.6 Å². The first-order valence-electron chi connectivity index (χ1n) is 7.06. The van der Waals surface area contributed by atoms with Gasteiger partial charge in [0.05, 0.1) is 25.9 Å². The molecule has 1 aromatic carbocycles. The van der Waals surface area contributed by atoms with Gasteiger partial charge in [0.1, 0.15) is 0 Å². The zero-order valence-electron chi connectivity index (χ0n) is 12.4. The first kappa shape index (κ1) is 18.7. The van der Waals surface area contributed by atoms with Gasteiger partial charge in [-0.1, -0.05) is 29.3 Å². The minimum atomic E-state index is -0.569. The van der Waals surface area contributed by atoms with Crippen molar-refractivity contribution in [2.24, 2.45) is 0 Å². The van der Waals surface area contributed by atoms with E-state index in [1.807, 2.05) is 19.9 Å². The molecule has 0 saturated heterocycles. The molecule has 0 spiro atoms. The predicted octanol–water partition coefficient (Wildman–Crippen LogP) is 3.06. The summed E-state index contributed by atoms with van der Waals surface area (Å²) in [6.07, 6.45) is -0.569. The number of rotatable bonds is 10. The Morgan fingerprint density at radius 2 is 1.95 bits per heavy atom. The van der Waals surface area contributed by atoms with E-state index in [1.54, 1.807) is 12.1 Å². The molecule has 0 aromatic heterocycles. The monoisotopic (exact) mass is 335 g/mol. The lowest BCUT2D eigenvalue weighted by Gasteiger charge is -2.18. The van der Waals surface area contributed by atoms with Crippen LogP contribution in [0.4, 0.5) is 0 Å². The standard InChI is InChI=1S/C15H23Cl2NO3/c1-3-20-6-7-21-10-13(19)9-18-11(2)14-5-4-12(16)8-15(14)17/h4-5,8,11,13,18-19H,3,6-7,9-10H2,1-2H3. The van der Waals surface area contributed by atoms with E-state index in [1.165, 1.54) is 0 Å². The van der Waals surface area contributed by atoms with E-state index in [0.29, 0.717) is 36.4 Å². The lowest BCUT2D eigenvalue weighted by Crippen LogP contribution is -2.32. The van der Waals surface area contributed by atoms with Gasteiger partial charge >= 0.3 is 0 Å². The van der Waals surface area contributed by atoms with Gasteiger partial charge in [-0.2, -0.15) is 0 Å². The fourth-order valence-electron chi connectivity index (χ4n) is 1.82. The smallest absolute Gasteiger partial charge is 0.0897 e.